The lowest BCUT2D eigenvalue weighted by molar-refractivity contribution is -0.141. The zero-order chi connectivity index (χ0) is 15.1. The van der Waals surface area contributed by atoms with Gasteiger partial charge in [-0.05, 0) is 18.3 Å². The van der Waals surface area contributed by atoms with Crippen LogP contribution in [-0.2, 0) is 9.53 Å². The number of aliphatic carboxylic acids is 1. The number of carbonyl (C=O) groups is 2. The summed E-state index contributed by atoms with van der Waals surface area (Å²) < 4.78 is 5.02. The van der Waals surface area contributed by atoms with Crippen molar-refractivity contribution in [3.63, 3.8) is 0 Å². The first-order chi connectivity index (χ1) is 8.75. The summed E-state index contributed by atoms with van der Waals surface area (Å²) in [5.74, 6) is -0.987. The summed E-state index contributed by atoms with van der Waals surface area (Å²) in [6.45, 7) is 6.91. The van der Waals surface area contributed by atoms with Crippen LogP contribution in [0.2, 0.25) is 0 Å². The number of likely N-dealkylation sites (N-methyl/N-ethyl adjacent to an activating group) is 1. The minimum Gasteiger partial charge on any atom is -0.480 e. The zero-order valence-corrected chi connectivity index (χ0v) is 12.5. The Balaban J connectivity index is 4.33. The first-order valence-electron chi connectivity index (χ1n) is 6.47. The summed E-state index contributed by atoms with van der Waals surface area (Å²) in [6.07, 6.45) is 1.20. The van der Waals surface area contributed by atoms with Crippen LogP contribution < -0.4 is 5.32 Å². The third kappa shape index (κ3) is 6.42. The van der Waals surface area contributed by atoms with Gasteiger partial charge in [0.05, 0.1) is 0 Å². The van der Waals surface area contributed by atoms with Crippen molar-refractivity contribution in [1.29, 1.82) is 0 Å². The van der Waals surface area contributed by atoms with E-state index in [-0.39, 0.29) is 11.4 Å². The van der Waals surface area contributed by atoms with Crippen LogP contribution in [0.4, 0.5) is 4.79 Å². The smallest absolute Gasteiger partial charge is 0.326 e. The number of carboxylic acids is 1. The van der Waals surface area contributed by atoms with Gasteiger partial charge in [-0.25, -0.2) is 9.59 Å². The van der Waals surface area contributed by atoms with Gasteiger partial charge < -0.3 is 20.1 Å². The second-order valence-electron chi connectivity index (χ2n) is 5.44. The number of carbonyl (C=O) groups excluding carboxylic acids is 1. The SMILES string of the molecule is CCC(C(=O)O)N(C)C(=O)NCC(C)(C)CCOC. The lowest BCUT2D eigenvalue weighted by Crippen LogP contribution is -2.48. The van der Waals surface area contributed by atoms with Gasteiger partial charge in [0.25, 0.3) is 0 Å². The van der Waals surface area contributed by atoms with Crippen LogP contribution in [0.1, 0.15) is 33.6 Å². The van der Waals surface area contributed by atoms with E-state index in [2.05, 4.69) is 5.32 Å². The van der Waals surface area contributed by atoms with Gasteiger partial charge in [0.15, 0.2) is 0 Å². The molecule has 0 fully saturated rings. The average molecular weight is 274 g/mol. The summed E-state index contributed by atoms with van der Waals surface area (Å²) in [5, 5.41) is 11.8. The molecule has 19 heavy (non-hydrogen) atoms. The van der Waals surface area contributed by atoms with Crippen LogP contribution in [0.25, 0.3) is 0 Å². The van der Waals surface area contributed by atoms with Crippen LogP contribution >= 0.6 is 0 Å². The van der Waals surface area contributed by atoms with Gasteiger partial charge in [-0.2, -0.15) is 0 Å². The Morgan fingerprint density at radius 2 is 2.00 bits per heavy atom. The third-order valence-electron chi connectivity index (χ3n) is 3.16. The largest absolute Gasteiger partial charge is 0.480 e. The number of hydrogen-bond acceptors (Lipinski definition) is 3. The van der Waals surface area contributed by atoms with Crippen LogP contribution in [-0.4, -0.2) is 55.4 Å². The maximum atomic E-state index is 11.9. The second-order valence-corrected chi connectivity index (χ2v) is 5.44. The van der Waals surface area contributed by atoms with Crippen LogP contribution in [0, 0.1) is 5.41 Å². The Hall–Kier alpha value is -1.30. The van der Waals surface area contributed by atoms with E-state index in [0.29, 0.717) is 19.6 Å². The van der Waals surface area contributed by atoms with Crippen molar-refractivity contribution >= 4 is 12.0 Å². The molecule has 0 rings (SSSR count). The van der Waals surface area contributed by atoms with Crippen molar-refractivity contribution in [1.82, 2.24) is 10.2 Å². The van der Waals surface area contributed by atoms with Gasteiger partial charge in [-0.15, -0.1) is 0 Å². The molecule has 0 saturated heterocycles. The molecule has 1 unspecified atom stereocenters. The normalized spacial score (nSPS) is 12.9. The van der Waals surface area contributed by atoms with E-state index in [1.54, 1.807) is 14.0 Å². The molecule has 0 bridgehead atoms. The van der Waals surface area contributed by atoms with E-state index in [1.165, 1.54) is 11.9 Å². The van der Waals surface area contributed by atoms with Gasteiger partial charge in [-0.1, -0.05) is 20.8 Å². The highest BCUT2D eigenvalue weighted by Crippen LogP contribution is 2.18. The Bertz CT molecular complexity index is 305. The van der Waals surface area contributed by atoms with E-state index in [9.17, 15) is 9.59 Å². The molecule has 2 N–H and O–H groups in total. The fourth-order valence-electron chi connectivity index (χ4n) is 1.66. The van der Waals surface area contributed by atoms with E-state index in [1.807, 2.05) is 13.8 Å². The number of hydrogen-bond donors (Lipinski definition) is 2. The number of methoxy groups -OCH3 is 1. The Morgan fingerprint density at radius 3 is 2.42 bits per heavy atom. The first-order valence-corrected chi connectivity index (χ1v) is 6.47. The van der Waals surface area contributed by atoms with Crippen LogP contribution in [0.15, 0.2) is 0 Å². The molecular weight excluding hydrogens is 248 g/mol. The number of amides is 2. The van der Waals surface area contributed by atoms with Gasteiger partial charge in [0.2, 0.25) is 0 Å². The topological polar surface area (TPSA) is 78.9 Å². The van der Waals surface area contributed by atoms with Crippen molar-refractivity contribution in [3.05, 3.63) is 0 Å². The molecule has 0 heterocycles. The van der Waals surface area contributed by atoms with Crippen molar-refractivity contribution in [3.8, 4) is 0 Å². The molecule has 0 aromatic heterocycles. The predicted molar refractivity (Wildman–Crippen MR) is 73.2 cm³/mol. The van der Waals surface area contributed by atoms with E-state index in [0.717, 1.165) is 6.42 Å². The fourth-order valence-corrected chi connectivity index (χ4v) is 1.66. The van der Waals surface area contributed by atoms with Gasteiger partial charge >= 0.3 is 12.0 Å². The molecule has 0 aromatic rings. The number of nitrogens with one attached hydrogen (secondary N) is 1. The maximum Gasteiger partial charge on any atom is 0.326 e. The quantitative estimate of drug-likeness (QED) is 0.704. The molecule has 0 radical (unpaired) electrons. The average Bonchev–Trinajstić information content (AvgIpc) is 2.34. The standard InChI is InChI=1S/C13H26N2O4/c1-6-10(11(16)17)15(4)12(18)14-9-13(2,3)7-8-19-5/h10H,6-9H2,1-5H3,(H,14,18)(H,16,17). The zero-order valence-electron chi connectivity index (χ0n) is 12.5. The molecule has 0 spiro atoms. The molecular formula is C13H26N2O4. The van der Waals surface area contributed by atoms with Crippen molar-refractivity contribution in [2.75, 3.05) is 27.3 Å². The molecule has 6 heteroatoms. The highest BCUT2D eigenvalue weighted by Gasteiger charge is 2.26. The monoisotopic (exact) mass is 274 g/mol. The highest BCUT2D eigenvalue weighted by molar-refractivity contribution is 5.82. The molecule has 0 saturated carbocycles. The molecule has 1 atom stereocenters. The molecule has 2 amide bonds. The van der Waals surface area contributed by atoms with Crippen LogP contribution in [0.3, 0.4) is 0 Å². The first kappa shape index (κ1) is 17.7. The fraction of sp³-hybridized carbons (Fsp3) is 0.846. The summed E-state index contributed by atoms with van der Waals surface area (Å²) in [7, 11) is 3.14. The lowest BCUT2D eigenvalue weighted by atomic mass is 9.90. The Morgan fingerprint density at radius 1 is 1.42 bits per heavy atom. The molecule has 112 valence electrons. The van der Waals surface area contributed by atoms with E-state index >= 15 is 0 Å². The summed E-state index contributed by atoms with van der Waals surface area (Å²) in [6, 6.07) is -1.15. The molecule has 6 nitrogen and oxygen atoms in total. The predicted octanol–water partition coefficient (Wildman–Crippen LogP) is 1.55. The van der Waals surface area contributed by atoms with Crippen LogP contribution in [0.5, 0.6) is 0 Å². The number of rotatable bonds is 8. The van der Waals surface area contributed by atoms with Gasteiger partial charge in [0.1, 0.15) is 6.04 Å². The molecule has 0 aromatic carbocycles. The number of ether oxygens (including phenoxy) is 1. The minimum absolute atomic E-state index is 0.0859. The second kappa shape index (κ2) is 7.99. The van der Waals surface area contributed by atoms with Gasteiger partial charge in [-0.3, -0.25) is 0 Å². The number of nitrogens with zero attached hydrogens (tertiary/aromatic N) is 1. The highest BCUT2D eigenvalue weighted by atomic mass is 16.5. The molecule has 0 aliphatic rings. The van der Waals surface area contributed by atoms with Crippen molar-refractivity contribution in [2.45, 2.75) is 39.7 Å². The molecule has 0 aliphatic heterocycles. The van der Waals surface area contributed by atoms with Gasteiger partial charge in [0, 0.05) is 27.3 Å². The number of urea groups is 1. The van der Waals surface area contributed by atoms with E-state index < -0.39 is 12.0 Å². The lowest BCUT2D eigenvalue weighted by Gasteiger charge is -2.28. The van der Waals surface area contributed by atoms with Crippen molar-refractivity contribution in [2.24, 2.45) is 5.41 Å². The Kier molecular flexibility index (Phi) is 7.44. The third-order valence-corrected chi connectivity index (χ3v) is 3.16. The maximum absolute atomic E-state index is 11.9. The summed E-state index contributed by atoms with van der Waals surface area (Å²) in [5.41, 5.74) is -0.0859. The summed E-state index contributed by atoms with van der Waals surface area (Å²) >= 11 is 0. The minimum atomic E-state index is -0.987. The van der Waals surface area contributed by atoms with Crippen molar-refractivity contribution < 1.29 is 19.4 Å². The van der Waals surface area contributed by atoms with E-state index in [4.69, 9.17) is 9.84 Å². The molecule has 0 aliphatic carbocycles. The Labute approximate surface area is 115 Å². The number of carboxylic acid groups (broad SMARTS) is 1. The summed E-state index contributed by atoms with van der Waals surface area (Å²) in [4.78, 5) is 24.1.